The van der Waals surface area contributed by atoms with Crippen LogP contribution in [0, 0.1) is 5.92 Å². The number of esters is 1. The molecule has 1 heterocycles. The number of carbonyl (C=O) groups is 2. The summed E-state index contributed by atoms with van der Waals surface area (Å²) < 4.78 is 5.87. The first-order valence-corrected chi connectivity index (χ1v) is 8.61. The van der Waals surface area contributed by atoms with Gasteiger partial charge >= 0.3 is 5.97 Å². The number of ether oxygens (including phenoxy) is 1. The van der Waals surface area contributed by atoms with Gasteiger partial charge in [-0.05, 0) is 23.3 Å². The van der Waals surface area contributed by atoms with E-state index < -0.39 is 23.5 Å². The second-order valence-electron chi connectivity index (χ2n) is 6.48. The molecule has 0 aliphatic carbocycles. The quantitative estimate of drug-likeness (QED) is 0.682. The summed E-state index contributed by atoms with van der Waals surface area (Å²) >= 11 is 0. The van der Waals surface area contributed by atoms with Crippen molar-refractivity contribution in [3.8, 4) is 0 Å². The molecule has 1 aliphatic heterocycles. The molecule has 4 heteroatoms. The Morgan fingerprint density at radius 3 is 2.42 bits per heavy atom. The molecule has 0 N–H and O–H groups in total. The number of hydrogen-bond donors (Lipinski definition) is 0. The number of carboxylic acids is 1. The highest BCUT2D eigenvalue weighted by molar-refractivity contribution is 5.98. The normalized spacial score (nSPS) is 19.8. The van der Waals surface area contributed by atoms with E-state index in [9.17, 15) is 14.7 Å². The lowest BCUT2D eigenvalue weighted by atomic mass is 9.73. The standard InChI is InChI=1S/C22H18O4/c1-2-17(20(23)24)22(19-12-6-5-11-16(19)21(25)26-22)18-13-7-9-14-8-3-4-10-15(14)18/h3-13,17H,2H2,1H3,(H,23,24)/p-1. The summed E-state index contributed by atoms with van der Waals surface area (Å²) in [6, 6.07) is 20.3. The van der Waals surface area contributed by atoms with Gasteiger partial charge in [-0.25, -0.2) is 4.79 Å². The first kappa shape index (κ1) is 16.3. The predicted molar refractivity (Wildman–Crippen MR) is 95.4 cm³/mol. The van der Waals surface area contributed by atoms with Crippen molar-refractivity contribution in [2.75, 3.05) is 0 Å². The Labute approximate surface area is 151 Å². The van der Waals surface area contributed by atoms with Gasteiger partial charge in [0.05, 0.1) is 5.56 Å². The van der Waals surface area contributed by atoms with Gasteiger partial charge in [0.15, 0.2) is 5.60 Å². The Morgan fingerprint density at radius 1 is 1.00 bits per heavy atom. The van der Waals surface area contributed by atoms with Crippen LogP contribution in [0.15, 0.2) is 66.7 Å². The molecule has 1 aliphatic rings. The summed E-state index contributed by atoms with van der Waals surface area (Å²) in [5.74, 6) is -2.74. The molecule has 4 rings (SSSR count). The van der Waals surface area contributed by atoms with Crippen LogP contribution in [-0.2, 0) is 15.1 Å². The Balaban J connectivity index is 2.12. The molecule has 3 aromatic carbocycles. The molecule has 0 radical (unpaired) electrons. The Bertz CT molecular complexity index is 1020. The molecular formula is C22H17O4-. The van der Waals surface area contributed by atoms with Crippen LogP contribution >= 0.6 is 0 Å². The maximum absolute atomic E-state index is 12.6. The molecule has 0 bridgehead atoms. The zero-order chi connectivity index (χ0) is 18.3. The summed E-state index contributed by atoms with van der Waals surface area (Å²) in [5.41, 5.74) is 0.254. The Hall–Kier alpha value is -3.14. The SMILES string of the molecule is CCC(C(=O)[O-])C1(c2cccc3ccccc23)OC(=O)c2ccccc21. The average Bonchev–Trinajstić information content (AvgIpc) is 2.95. The van der Waals surface area contributed by atoms with Crippen molar-refractivity contribution in [3.63, 3.8) is 0 Å². The van der Waals surface area contributed by atoms with Crippen molar-refractivity contribution in [2.45, 2.75) is 18.9 Å². The van der Waals surface area contributed by atoms with Crippen LogP contribution in [0.3, 0.4) is 0 Å². The molecule has 0 spiro atoms. The van der Waals surface area contributed by atoms with Crippen molar-refractivity contribution in [3.05, 3.63) is 83.4 Å². The van der Waals surface area contributed by atoms with E-state index >= 15 is 0 Å². The highest BCUT2D eigenvalue weighted by Gasteiger charge is 2.52. The van der Waals surface area contributed by atoms with Gasteiger partial charge in [0.1, 0.15) is 0 Å². The van der Waals surface area contributed by atoms with E-state index in [1.54, 1.807) is 31.2 Å². The molecule has 0 fully saturated rings. The number of benzene rings is 3. The van der Waals surface area contributed by atoms with Crippen molar-refractivity contribution < 1.29 is 19.4 Å². The fraction of sp³-hybridized carbons (Fsp3) is 0.182. The number of aliphatic carboxylic acids is 1. The van der Waals surface area contributed by atoms with E-state index in [2.05, 4.69) is 0 Å². The molecule has 2 atom stereocenters. The van der Waals surface area contributed by atoms with Gasteiger partial charge in [-0.15, -0.1) is 0 Å². The molecule has 3 aromatic rings. The molecule has 4 nitrogen and oxygen atoms in total. The second kappa shape index (κ2) is 5.99. The van der Waals surface area contributed by atoms with E-state index in [0.29, 0.717) is 16.7 Å². The second-order valence-corrected chi connectivity index (χ2v) is 6.48. The maximum Gasteiger partial charge on any atom is 0.339 e. The third-order valence-electron chi connectivity index (χ3n) is 5.17. The summed E-state index contributed by atoms with van der Waals surface area (Å²) in [6.07, 6.45) is 0.271. The third kappa shape index (κ3) is 2.15. The van der Waals surface area contributed by atoms with Gasteiger partial charge < -0.3 is 14.6 Å². The fourth-order valence-corrected chi connectivity index (χ4v) is 4.06. The van der Waals surface area contributed by atoms with Crippen molar-refractivity contribution in [2.24, 2.45) is 5.92 Å². The zero-order valence-corrected chi connectivity index (χ0v) is 14.3. The van der Waals surface area contributed by atoms with Crippen LogP contribution in [0.4, 0.5) is 0 Å². The van der Waals surface area contributed by atoms with E-state index in [1.165, 1.54) is 0 Å². The first-order chi connectivity index (χ1) is 12.6. The van der Waals surface area contributed by atoms with Crippen molar-refractivity contribution in [1.82, 2.24) is 0 Å². The van der Waals surface area contributed by atoms with Crippen LogP contribution in [0.2, 0.25) is 0 Å². The number of fused-ring (bicyclic) bond motifs is 2. The van der Waals surface area contributed by atoms with Crippen LogP contribution in [0.1, 0.15) is 34.8 Å². The van der Waals surface area contributed by atoms with Crippen molar-refractivity contribution >= 4 is 22.7 Å². The fourth-order valence-electron chi connectivity index (χ4n) is 4.06. The molecule has 0 saturated carbocycles. The first-order valence-electron chi connectivity index (χ1n) is 8.61. The molecular weight excluding hydrogens is 328 g/mol. The van der Waals surface area contributed by atoms with E-state index in [-0.39, 0.29) is 6.42 Å². The summed E-state index contributed by atoms with van der Waals surface area (Å²) in [7, 11) is 0. The third-order valence-corrected chi connectivity index (χ3v) is 5.17. The lowest BCUT2D eigenvalue weighted by molar-refractivity contribution is -0.316. The summed E-state index contributed by atoms with van der Waals surface area (Å²) in [5, 5.41) is 13.9. The lowest BCUT2D eigenvalue weighted by Gasteiger charge is -2.38. The van der Waals surface area contributed by atoms with Gasteiger partial charge in [0, 0.05) is 23.0 Å². The number of cyclic esters (lactones) is 1. The van der Waals surface area contributed by atoms with Crippen LogP contribution in [0.25, 0.3) is 10.8 Å². The van der Waals surface area contributed by atoms with E-state index in [0.717, 1.165) is 10.8 Å². The molecule has 0 aromatic heterocycles. The largest absolute Gasteiger partial charge is 0.550 e. The molecule has 2 unspecified atom stereocenters. The highest BCUT2D eigenvalue weighted by Crippen LogP contribution is 2.50. The van der Waals surface area contributed by atoms with Crippen LogP contribution in [0.5, 0.6) is 0 Å². The number of rotatable bonds is 4. The Morgan fingerprint density at radius 2 is 1.65 bits per heavy atom. The molecule has 0 amide bonds. The Kier molecular flexibility index (Phi) is 3.76. The monoisotopic (exact) mass is 345 g/mol. The average molecular weight is 345 g/mol. The van der Waals surface area contributed by atoms with Crippen molar-refractivity contribution in [1.29, 1.82) is 0 Å². The summed E-state index contributed by atoms with van der Waals surface area (Å²) in [6.45, 7) is 1.77. The van der Waals surface area contributed by atoms with Gasteiger partial charge in [-0.2, -0.15) is 0 Å². The van der Waals surface area contributed by atoms with Gasteiger partial charge in [-0.3, -0.25) is 0 Å². The lowest BCUT2D eigenvalue weighted by Crippen LogP contribution is -2.47. The zero-order valence-electron chi connectivity index (χ0n) is 14.3. The minimum absolute atomic E-state index is 0.271. The maximum atomic E-state index is 12.6. The topological polar surface area (TPSA) is 66.4 Å². The van der Waals surface area contributed by atoms with Gasteiger partial charge in [0.2, 0.25) is 0 Å². The van der Waals surface area contributed by atoms with Gasteiger partial charge in [0.25, 0.3) is 0 Å². The minimum atomic E-state index is -1.40. The molecule has 0 saturated heterocycles. The van der Waals surface area contributed by atoms with Gasteiger partial charge in [-0.1, -0.05) is 67.6 Å². The van der Waals surface area contributed by atoms with E-state index in [1.807, 2.05) is 42.5 Å². The molecule has 130 valence electrons. The van der Waals surface area contributed by atoms with E-state index in [4.69, 9.17) is 4.74 Å². The smallest absolute Gasteiger partial charge is 0.339 e. The van der Waals surface area contributed by atoms with Crippen LogP contribution < -0.4 is 5.11 Å². The number of hydrogen-bond acceptors (Lipinski definition) is 4. The summed E-state index contributed by atoms with van der Waals surface area (Å²) in [4.78, 5) is 24.6. The van der Waals surface area contributed by atoms with Crippen LogP contribution in [-0.4, -0.2) is 11.9 Å². The number of carbonyl (C=O) groups excluding carboxylic acids is 2. The molecule has 26 heavy (non-hydrogen) atoms. The predicted octanol–water partition coefficient (Wildman–Crippen LogP) is 3.03. The number of carboxylic acid groups (broad SMARTS) is 1. The minimum Gasteiger partial charge on any atom is -0.550 e. The highest BCUT2D eigenvalue weighted by atomic mass is 16.6.